The van der Waals surface area contributed by atoms with Crippen molar-refractivity contribution in [1.29, 1.82) is 0 Å². The minimum Gasteiger partial charge on any atom is -0.394 e. The Labute approximate surface area is 185 Å². The molecule has 1 fully saturated rings. The van der Waals surface area contributed by atoms with Gasteiger partial charge in [-0.15, -0.1) is 0 Å². The fourth-order valence-corrected chi connectivity index (χ4v) is 4.48. The molecule has 0 spiro atoms. The SMILES string of the molecule is CCCCC[C@H](O)/C=C/[C@@H]1[C@@H](C/C=C\CCCC(=O)SCC(O)CO)[C@@H](O)C[C@H]1O. The number of aliphatic hydroxyl groups is 5. The fourth-order valence-electron chi connectivity index (χ4n) is 3.71. The van der Waals surface area contributed by atoms with Crippen LogP contribution < -0.4 is 0 Å². The van der Waals surface area contributed by atoms with E-state index >= 15 is 0 Å². The van der Waals surface area contributed by atoms with E-state index in [1.807, 2.05) is 18.2 Å². The molecule has 0 aromatic carbocycles. The van der Waals surface area contributed by atoms with Crippen molar-refractivity contribution in [2.24, 2.45) is 11.8 Å². The number of unbranched alkanes of at least 4 members (excludes halogenated alkanes) is 3. The molecule has 0 aromatic heterocycles. The third-order valence-corrected chi connectivity index (χ3v) is 6.63. The summed E-state index contributed by atoms with van der Waals surface area (Å²) < 4.78 is 0. The molecule has 1 rings (SSSR count). The summed E-state index contributed by atoms with van der Waals surface area (Å²) in [4.78, 5) is 11.7. The first-order valence-electron chi connectivity index (χ1n) is 11.2. The zero-order valence-corrected chi connectivity index (χ0v) is 18.9. The minimum atomic E-state index is -0.855. The molecule has 0 saturated heterocycles. The largest absolute Gasteiger partial charge is 0.394 e. The van der Waals surface area contributed by atoms with Crippen molar-refractivity contribution in [3.63, 3.8) is 0 Å². The van der Waals surface area contributed by atoms with Crippen LogP contribution in [0.15, 0.2) is 24.3 Å². The van der Waals surface area contributed by atoms with Crippen LogP contribution in [0.1, 0.15) is 64.7 Å². The molecule has 0 heterocycles. The van der Waals surface area contributed by atoms with Crippen LogP contribution in [0.2, 0.25) is 0 Å². The number of aliphatic hydroxyl groups excluding tert-OH is 5. The average molecular weight is 445 g/mol. The molecule has 174 valence electrons. The van der Waals surface area contributed by atoms with Crippen molar-refractivity contribution in [1.82, 2.24) is 0 Å². The molecule has 5 N–H and O–H groups in total. The Morgan fingerprint density at radius 1 is 1.13 bits per heavy atom. The molecule has 1 aliphatic carbocycles. The van der Waals surface area contributed by atoms with Gasteiger partial charge in [-0.3, -0.25) is 4.79 Å². The third-order valence-electron chi connectivity index (χ3n) is 5.55. The van der Waals surface area contributed by atoms with Crippen LogP contribution in [0, 0.1) is 11.8 Å². The molecule has 30 heavy (non-hydrogen) atoms. The molecule has 7 heteroatoms. The molecule has 1 saturated carbocycles. The highest BCUT2D eigenvalue weighted by Crippen LogP contribution is 2.36. The van der Waals surface area contributed by atoms with E-state index in [4.69, 9.17) is 5.11 Å². The van der Waals surface area contributed by atoms with Gasteiger partial charge in [0.05, 0.1) is 31.0 Å². The first-order chi connectivity index (χ1) is 14.4. The van der Waals surface area contributed by atoms with Crippen LogP contribution in [-0.2, 0) is 4.79 Å². The van der Waals surface area contributed by atoms with Crippen LogP contribution in [0.25, 0.3) is 0 Å². The standard InChI is InChI=1S/C23H40O6S/c1-2-3-6-9-17(25)12-13-20-19(21(27)14-22(20)28)10-7-4-5-8-11-23(29)30-16-18(26)15-24/h4,7,12-13,17-22,24-28H,2-3,5-6,8-11,14-16H2,1H3/b7-4-,13-12+/t17-,18?,19+,20+,21-,22+/m0/s1. The summed E-state index contributed by atoms with van der Waals surface area (Å²) in [6.45, 7) is 1.79. The van der Waals surface area contributed by atoms with E-state index in [2.05, 4.69) is 6.92 Å². The summed E-state index contributed by atoms with van der Waals surface area (Å²) in [6.07, 6.45) is 11.9. The van der Waals surface area contributed by atoms with Crippen LogP contribution >= 0.6 is 11.8 Å². The lowest BCUT2D eigenvalue weighted by atomic mass is 9.89. The van der Waals surface area contributed by atoms with Crippen molar-refractivity contribution >= 4 is 16.9 Å². The highest BCUT2D eigenvalue weighted by molar-refractivity contribution is 8.13. The van der Waals surface area contributed by atoms with Gasteiger partial charge in [0.25, 0.3) is 0 Å². The van der Waals surface area contributed by atoms with Gasteiger partial charge in [-0.2, -0.15) is 0 Å². The van der Waals surface area contributed by atoms with Gasteiger partial charge in [0, 0.05) is 24.5 Å². The van der Waals surface area contributed by atoms with Crippen LogP contribution in [-0.4, -0.2) is 67.4 Å². The summed E-state index contributed by atoms with van der Waals surface area (Å²) in [5.74, 6) is -0.0242. The van der Waals surface area contributed by atoms with E-state index in [0.717, 1.165) is 43.9 Å². The maximum Gasteiger partial charge on any atom is 0.189 e. The molecule has 0 aliphatic heterocycles. The summed E-state index contributed by atoms with van der Waals surface area (Å²) in [7, 11) is 0. The molecule has 6 nitrogen and oxygen atoms in total. The van der Waals surface area contributed by atoms with E-state index in [0.29, 0.717) is 25.7 Å². The lowest BCUT2D eigenvalue weighted by Gasteiger charge is -2.19. The first-order valence-corrected chi connectivity index (χ1v) is 12.2. The molecule has 1 aliphatic rings. The van der Waals surface area contributed by atoms with Gasteiger partial charge in [0.15, 0.2) is 5.12 Å². The van der Waals surface area contributed by atoms with Crippen LogP contribution in [0.4, 0.5) is 0 Å². The Morgan fingerprint density at radius 2 is 1.90 bits per heavy atom. The molecule has 0 bridgehead atoms. The molecule has 6 atom stereocenters. The van der Waals surface area contributed by atoms with E-state index in [9.17, 15) is 25.2 Å². The number of rotatable bonds is 15. The Bertz CT molecular complexity index is 524. The summed E-state index contributed by atoms with van der Waals surface area (Å²) in [5.41, 5.74) is 0. The predicted molar refractivity (Wildman–Crippen MR) is 121 cm³/mol. The maximum absolute atomic E-state index is 11.7. The molecule has 0 aromatic rings. The smallest absolute Gasteiger partial charge is 0.189 e. The van der Waals surface area contributed by atoms with E-state index in [1.54, 1.807) is 6.08 Å². The first kappa shape index (κ1) is 27.3. The second-order valence-electron chi connectivity index (χ2n) is 8.18. The third kappa shape index (κ3) is 11.1. The van der Waals surface area contributed by atoms with Gasteiger partial charge in [0.1, 0.15) is 0 Å². The molecular weight excluding hydrogens is 404 g/mol. The molecule has 0 radical (unpaired) electrons. The number of carbonyl (C=O) groups excluding carboxylic acids is 1. The van der Waals surface area contributed by atoms with Gasteiger partial charge in [-0.25, -0.2) is 0 Å². The molecule has 0 amide bonds. The number of hydrogen-bond donors (Lipinski definition) is 5. The minimum absolute atomic E-state index is 0.00735. The van der Waals surface area contributed by atoms with Crippen LogP contribution in [0.3, 0.4) is 0 Å². The maximum atomic E-state index is 11.7. The van der Waals surface area contributed by atoms with Gasteiger partial charge >= 0.3 is 0 Å². The van der Waals surface area contributed by atoms with Gasteiger partial charge in [-0.1, -0.05) is 62.3 Å². The van der Waals surface area contributed by atoms with Crippen molar-refractivity contribution in [2.75, 3.05) is 12.4 Å². The van der Waals surface area contributed by atoms with Crippen molar-refractivity contribution < 1.29 is 30.3 Å². The quantitative estimate of drug-likeness (QED) is 0.195. The number of carbonyl (C=O) groups is 1. The lowest BCUT2D eigenvalue weighted by molar-refractivity contribution is -0.111. The Hall–Kier alpha value is -0.700. The summed E-state index contributed by atoms with van der Waals surface area (Å²) in [5, 5.41) is 48.6. The summed E-state index contributed by atoms with van der Waals surface area (Å²) >= 11 is 1.05. The lowest BCUT2D eigenvalue weighted by Crippen LogP contribution is -2.20. The van der Waals surface area contributed by atoms with E-state index in [1.165, 1.54) is 0 Å². The normalized spacial score (nSPS) is 26.6. The monoisotopic (exact) mass is 444 g/mol. The highest BCUT2D eigenvalue weighted by atomic mass is 32.2. The highest BCUT2D eigenvalue weighted by Gasteiger charge is 2.39. The number of hydrogen-bond acceptors (Lipinski definition) is 7. The van der Waals surface area contributed by atoms with Gasteiger partial charge in [-0.05, 0) is 31.6 Å². The second-order valence-corrected chi connectivity index (χ2v) is 9.26. The Balaban J connectivity index is 2.36. The van der Waals surface area contributed by atoms with Gasteiger partial charge < -0.3 is 25.5 Å². The molecular formula is C23H40O6S. The topological polar surface area (TPSA) is 118 Å². The van der Waals surface area contributed by atoms with Crippen molar-refractivity contribution in [2.45, 2.75) is 89.1 Å². The van der Waals surface area contributed by atoms with E-state index in [-0.39, 0.29) is 29.3 Å². The van der Waals surface area contributed by atoms with Gasteiger partial charge in [0.2, 0.25) is 0 Å². The summed E-state index contributed by atoms with van der Waals surface area (Å²) in [6, 6.07) is 0. The average Bonchev–Trinajstić information content (AvgIpc) is 2.99. The van der Waals surface area contributed by atoms with Crippen LogP contribution in [0.5, 0.6) is 0 Å². The van der Waals surface area contributed by atoms with Crippen molar-refractivity contribution in [3.05, 3.63) is 24.3 Å². The zero-order valence-electron chi connectivity index (χ0n) is 18.1. The fraction of sp³-hybridized carbons (Fsp3) is 0.783. The predicted octanol–water partition coefficient (Wildman–Crippen LogP) is 2.57. The molecule has 1 unspecified atom stereocenters. The Kier molecular flexibility index (Phi) is 14.6. The zero-order chi connectivity index (χ0) is 22.4. The van der Waals surface area contributed by atoms with Crippen molar-refractivity contribution in [3.8, 4) is 0 Å². The number of allylic oxidation sites excluding steroid dienone is 2. The second kappa shape index (κ2) is 16.0. The number of thioether (sulfide) groups is 1. The Morgan fingerprint density at radius 3 is 2.60 bits per heavy atom. The van der Waals surface area contributed by atoms with E-state index < -0.39 is 24.4 Å².